The standard InChI is InChI=1S/C28H22Cl4N2O7S/c1-4-40-28(39)17-12(2)13(3)42-24(17)33-16(35)11-41-27(38)15(10-14-8-6-5-7-9-14)34-25(36)18-19(26(34)37)21(30)23(32)22(31)20(18)29/h5-9,15H,4,10-11H2,1-3H3,(H,33,35). The van der Waals surface area contributed by atoms with Crippen molar-refractivity contribution in [3.8, 4) is 0 Å². The smallest absolute Gasteiger partial charge is 0.341 e. The van der Waals surface area contributed by atoms with Gasteiger partial charge in [-0.05, 0) is 31.9 Å². The fourth-order valence-electron chi connectivity index (χ4n) is 4.33. The van der Waals surface area contributed by atoms with Gasteiger partial charge in [-0.2, -0.15) is 0 Å². The van der Waals surface area contributed by atoms with Gasteiger partial charge in [-0.3, -0.25) is 19.3 Å². The van der Waals surface area contributed by atoms with E-state index in [-0.39, 0.29) is 54.8 Å². The number of carbonyl (C=O) groups is 5. The van der Waals surface area contributed by atoms with Crippen molar-refractivity contribution >= 4 is 92.4 Å². The summed E-state index contributed by atoms with van der Waals surface area (Å²) in [6.07, 6.45) is -0.139. The van der Waals surface area contributed by atoms with Gasteiger partial charge in [-0.15, -0.1) is 11.3 Å². The van der Waals surface area contributed by atoms with Gasteiger partial charge in [-0.1, -0.05) is 76.7 Å². The third-order valence-electron chi connectivity index (χ3n) is 6.45. The Morgan fingerprint density at radius 3 is 2.02 bits per heavy atom. The number of anilines is 1. The molecule has 3 aromatic rings. The van der Waals surface area contributed by atoms with Crippen LogP contribution < -0.4 is 5.32 Å². The number of benzene rings is 2. The van der Waals surface area contributed by atoms with E-state index >= 15 is 0 Å². The number of amides is 3. The topological polar surface area (TPSA) is 119 Å². The third kappa shape index (κ3) is 6.00. The van der Waals surface area contributed by atoms with Crippen LogP contribution >= 0.6 is 57.7 Å². The number of thiophene rings is 1. The molecule has 0 saturated heterocycles. The molecule has 0 saturated carbocycles. The summed E-state index contributed by atoms with van der Waals surface area (Å²) in [7, 11) is 0. The van der Waals surface area contributed by atoms with Crippen molar-refractivity contribution in [2.45, 2.75) is 33.2 Å². The molecule has 0 bridgehead atoms. The number of nitrogens with one attached hydrogen (secondary N) is 1. The molecule has 1 N–H and O–H groups in total. The summed E-state index contributed by atoms with van der Waals surface area (Å²) in [4.78, 5) is 67.1. The maximum absolute atomic E-state index is 13.5. The molecule has 3 amide bonds. The second-order valence-corrected chi connectivity index (χ2v) is 11.8. The van der Waals surface area contributed by atoms with Gasteiger partial charge in [0.1, 0.15) is 11.0 Å². The van der Waals surface area contributed by atoms with Gasteiger partial charge in [0, 0.05) is 11.3 Å². The average Bonchev–Trinajstić information content (AvgIpc) is 3.38. The van der Waals surface area contributed by atoms with Crippen LogP contribution in [0, 0.1) is 13.8 Å². The van der Waals surface area contributed by atoms with Gasteiger partial charge in [0.25, 0.3) is 17.7 Å². The van der Waals surface area contributed by atoms with Crippen LogP contribution in [0.2, 0.25) is 20.1 Å². The molecule has 9 nitrogen and oxygen atoms in total. The first-order chi connectivity index (χ1) is 19.9. The van der Waals surface area contributed by atoms with Crippen LogP contribution in [-0.2, 0) is 25.5 Å². The first-order valence-electron chi connectivity index (χ1n) is 12.4. The van der Waals surface area contributed by atoms with Crippen LogP contribution in [0.5, 0.6) is 0 Å². The predicted molar refractivity (Wildman–Crippen MR) is 160 cm³/mol. The van der Waals surface area contributed by atoms with E-state index < -0.39 is 42.3 Å². The molecule has 4 rings (SSSR count). The molecule has 1 atom stereocenters. The minimum atomic E-state index is -1.50. The van der Waals surface area contributed by atoms with E-state index in [2.05, 4.69) is 5.32 Å². The Hall–Kier alpha value is -3.15. The van der Waals surface area contributed by atoms with Gasteiger partial charge in [0.15, 0.2) is 6.61 Å². The summed E-state index contributed by atoms with van der Waals surface area (Å²) >= 11 is 25.9. The van der Waals surface area contributed by atoms with Crippen LogP contribution in [0.15, 0.2) is 30.3 Å². The number of hydrogen-bond acceptors (Lipinski definition) is 8. The van der Waals surface area contributed by atoms with Crippen LogP contribution in [-0.4, -0.2) is 53.8 Å². The summed E-state index contributed by atoms with van der Waals surface area (Å²) in [5.41, 5.74) is 0.867. The molecule has 1 aliphatic rings. The summed E-state index contributed by atoms with van der Waals surface area (Å²) in [6, 6.07) is 7.07. The highest BCUT2D eigenvalue weighted by atomic mass is 35.5. The summed E-state index contributed by atoms with van der Waals surface area (Å²) in [5, 5.41) is 1.81. The molecule has 0 fully saturated rings. The fraction of sp³-hybridized carbons (Fsp3) is 0.250. The highest BCUT2D eigenvalue weighted by Crippen LogP contribution is 2.45. The van der Waals surface area contributed by atoms with Gasteiger partial charge < -0.3 is 14.8 Å². The van der Waals surface area contributed by atoms with E-state index in [0.29, 0.717) is 16.0 Å². The Morgan fingerprint density at radius 1 is 0.905 bits per heavy atom. The molecule has 0 radical (unpaired) electrons. The molecule has 1 aromatic heterocycles. The number of imide groups is 1. The molecular weight excluding hydrogens is 650 g/mol. The van der Waals surface area contributed by atoms with Crippen molar-refractivity contribution in [3.63, 3.8) is 0 Å². The Morgan fingerprint density at radius 2 is 1.48 bits per heavy atom. The van der Waals surface area contributed by atoms with Crippen molar-refractivity contribution in [2.24, 2.45) is 0 Å². The quantitative estimate of drug-likeness (QED) is 0.119. The SMILES string of the molecule is CCOC(=O)c1c(NC(=O)COC(=O)C(Cc2ccccc2)N2C(=O)c3c(Cl)c(Cl)c(Cl)c(Cl)c3C2=O)sc(C)c1C. The van der Waals surface area contributed by atoms with Crippen LogP contribution in [0.4, 0.5) is 5.00 Å². The molecule has 1 aliphatic heterocycles. The first kappa shape index (κ1) is 31.8. The van der Waals surface area contributed by atoms with Crippen molar-refractivity contribution in [3.05, 3.63) is 83.1 Å². The molecule has 0 aliphatic carbocycles. The van der Waals surface area contributed by atoms with Gasteiger partial charge >= 0.3 is 11.9 Å². The van der Waals surface area contributed by atoms with Crippen LogP contribution in [0.3, 0.4) is 0 Å². The van der Waals surface area contributed by atoms with Crippen molar-refractivity contribution in [1.29, 1.82) is 0 Å². The number of carbonyl (C=O) groups excluding carboxylic acids is 5. The number of nitrogens with zero attached hydrogens (tertiary/aromatic N) is 1. The van der Waals surface area contributed by atoms with E-state index in [4.69, 9.17) is 55.9 Å². The highest BCUT2D eigenvalue weighted by molar-refractivity contribution is 7.16. The van der Waals surface area contributed by atoms with Crippen molar-refractivity contribution < 1.29 is 33.4 Å². The third-order valence-corrected chi connectivity index (χ3v) is 9.38. The van der Waals surface area contributed by atoms with E-state index in [1.165, 1.54) is 11.3 Å². The Balaban J connectivity index is 1.59. The molecule has 220 valence electrons. The number of ether oxygens (including phenoxy) is 2. The first-order valence-corrected chi connectivity index (χ1v) is 14.7. The molecular formula is C28H22Cl4N2O7S. The Kier molecular flexibility index (Phi) is 9.84. The molecule has 2 heterocycles. The minimum absolute atomic E-state index is 0.139. The molecule has 1 unspecified atom stereocenters. The molecule has 0 spiro atoms. The van der Waals surface area contributed by atoms with Gasteiger partial charge in [0.2, 0.25) is 0 Å². The van der Waals surface area contributed by atoms with Crippen molar-refractivity contribution in [1.82, 2.24) is 4.90 Å². The lowest BCUT2D eigenvalue weighted by atomic mass is 10.0. The molecule has 2 aromatic carbocycles. The van der Waals surface area contributed by atoms with Gasteiger partial charge in [0.05, 0.1) is 43.4 Å². The number of esters is 2. The lowest BCUT2D eigenvalue weighted by Crippen LogP contribution is -2.47. The Bertz CT molecular complexity index is 1580. The lowest BCUT2D eigenvalue weighted by Gasteiger charge is -2.24. The molecule has 14 heteroatoms. The zero-order chi connectivity index (χ0) is 30.9. The summed E-state index contributed by atoms with van der Waals surface area (Å²) in [6.45, 7) is 4.55. The number of fused-ring (bicyclic) bond motifs is 1. The highest BCUT2D eigenvalue weighted by Gasteiger charge is 2.47. The second kappa shape index (κ2) is 13.0. The van der Waals surface area contributed by atoms with Crippen molar-refractivity contribution in [2.75, 3.05) is 18.5 Å². The minimum Gasteiger partial charge on any atom is -0.462 e. The Labute approximate surface area is 264 Å². The lowest BCUT2D eigenvalue weighted by molar-refractivity contribution is -0.151. The fourth-order valence-corrected chi connectivity index (χ4v) is 6.41. The maximum Gasteiger partial charge on any atom is 0.341 e. The number of halogens is 4. The van der Waals surface area contributed by atoms with E-state index in [0.717, 1.165) is 4.88 Å². The second-order valence-electron chi connectivity index (χ2n) is 9.06. The van der Waals surface area contributed by atoms with Crippen LogP contribution in [0.25, 0.3) is 0 Å². The zero-order valence-corrected chi connectivity index (χ0v) is 26.2. The largest absolute Gasteiger partial charge is 0.462 e. The number of hydrogen-bond donors (Lipinski definition) is 1. The number of rotatable bonds is 9. The summed E-state index contributed by atoms with van der Waals surface area (Å²) in [5.74, 6) is -4.24. The monoisotopic (exact) mass is 670 g/mol. The van der Waals surface area contributed by atoms with E-state index in [1.54, 1.807) is 51.1 Å². The molecule has 42 heavy (non-hydrogen) atoms. The van der Waals surface area contributed by atoms with E-state index in [9.17, 15) is 24.0 Å². The maximum atomic E-state index is 13.5. The predicted octanol–water partition coefficient (Wildman–Crippen LogP) is 6.54. The van der Waals surface area contributed by atoms with Gasteiger partial charge in [-0.25, -0.2) is 9.59 Å². The zero-order valence-electron chi connectivity index (χ0n) is 22.3. The van der Waals surface area contributed by atoms with E-state index in [1.807, 2.05) is 0 Å². The normalized spacial score (nSPS) is 13.2. The van der Waals surface area contributed by atoms with Crippen LogP contribution in [0.1, 0.15) is 54.0 Å². The number of aryl methyl sites for hydroxylation is 1. The summed E-state index contributed by atoms with van der Waals surface area (Å²) < 4.78 is 10.4. The average molecular weight is 672 g/mol.